The van der Waals surface area contributed by atoms with Crippen LogP contribution in [-0.2, 0) is 0 Å². The average Bonchev–Trinajstić information content (AvgIpc) is 1.80. The molecule has 48 valence electrons. The Balaban J connectivity index is 2.87. The molecule has 0 radical (unpaired) electrons. The van der Waals surface area contributed by atoms with E-state index in [-0.39, 0.29) is 0 Å². The molecule has 0 aromatic carbocycles. The van der Waals surface area contributed by atoms with Gasteiger partial charge in [0.15, 0.2) is 0 Å². The summed E-state index contributed by atoms with van der Waals surface area (Å²) in [6.07, 6.45) is 2.87. The maximum atomic E-state index is 5.49. The Labute approximate surface area is 54.8 Å². The molecule has 0 aromatic heterocycles. The molecule has 1 aliphatic rings. The monoisotopic (exact) mass is 122 g/mol. The maximum absolute atomic E-state index is 5.49. The number of hydrogen-bond donors (Lipinski definition) is 1. The average molecular weight is 122 g/mol. The van der Waals surface area contributed by atoms with Crippen molar-refractivity contribution in [3.05, 3.63) is 23.9 Å². The molecule has 0 saturated carbocycles. The fraction of sp³-hybridized carbons (Fsp3) is 0.286. The van der Waals surface area contributed by atoms with Gasteiger partial charge in [-0.2, -0.15) is 0 Å². The van der Waals surface area contributed by atoms with Crippen LogP contribution in [0.25, 0.3) is 0 Å². The summed E-state index contributed by atoms with van der Waals surface area (Å²) in [5.74, 6) is 0.603. The molecule has 1 rings (SSSR count). The van der Waals surface area contributed by atoms with Crippen LogP contribution in [0.3, 0.4) is 0 Å². The molecule has 1 heterocycles. The molecule has 0 aliphatic carbocycles. The lowest BCUT2D eigenvalue weighted by atomic mass is 10.1. The second kappa shape index (κ2) is 2.05. The number of hydrogen-bond acceptors (Lipinski definition) is 2. The second-order valence-corrected chi connectivity index (χ2v) is 2.15. The van der Waals surface area contributed by atoms with Crippen LogP contribution >= 0.6 is 0 Å². The van der Waals surface area contributed by atoms with Crippen LogP contribution in [-0.4, -0.2) is 5.84 Å². The highest BCUT2D eigenvalue weighted by Crippen LogP contribution is 2.10. The molecule has 0 saturated heterocycles. The number of amidine groups is 1. The molecular formula is C7H10N2. The van der Waals surface area contributed by atoms with Crippen molar-refractivity contribution in [2.75, 3.05) is 0 Å². The molecule has 2 nitrogen and oxygen atoms in total. The number of rotatable bonds is 0. The fourth-order valence-corrected chi connectivity index (χ4v) is 0.680. The van der Waals surface area contributed by atoms with Gasteiger partial charge in [0.05, 0.1) is 0 Å². The topological polar surface area (TPSA) is 38.4 Å². The summed E-state index contributed by atoms with van der Waals surface area (Å²) in [5, 5.41) is 0. The van der Waals surface area contributed by atoms with Gasteiger partial charge in [-0.1, -0.05) is 12.7 Å². The standard InChI is InChI=1S/C7H10N2/c1-5-3-4-6(2)9-7(5)8/h3H,2,4H2,1H3,(H2,8,9). The van der Waals surface area contributed by atoms with Crippen LogP contribution in [0.2, 0.25) is 0 Å². The van der Waals surface area contributed by atoms with E-state index in [1.807, 2.05) is 13.0 Å². The second-order valence-electron chi connectivity index (χ2n) is 2.15. The summed E-state index contributed by atoms with van der Waals surface area (Å²) >= 11 is 0. The van der Waals surface area contributed by atoms with Gasteiger partial charge in [0.1, 0.15) is 5.84 Å². The highest BCUT2D eigenvalue weighted by atomic mass is 14.9. The fourth-order valence-electron chi connectivity index (χ4n) is 0.680. The first-order chi connectivity index (χ1) is 4.20. The van der Waals surface area contributed by atoms with Crippen LogP contribution < -0.4 is 5.73 Å². The molecule has 0 aromatic rings. The van der Waals surface area contributed by atoms with Gasteiger partial charge in [0.25, 0.3) is 0 Å². The number of nitrogens with two attached hydrogens (primary N) is 1. The van der Waals surface area contributed by atoms with Crippen molar-refractivity contribution >= 4 is 5.84 Å². The quantitative estimate of drug-likeness (QED) is 0.515. The number of dihydropyridines is 1. The first kappa shape index (κ1) is 6.08. The molecule has 0 bridgehead atoms. The molecular weight excluding hydrogens is 112 g/mol. The molecule has 0 unspecified atom stereocenters. The lowest BCUT2D eigenvalue weighted by Gasteiger charge is -2.07. The molecule has 0 spiro atoms. The first-order valence-electron chi connectivity index (χ1n) is 2.89. The Morgan fingerprint density at radius 1 is 1.78 bits per heavy atom. The Morgan fingerprint density at radius 2 is 2.44 bits per heavy atom. The highest BCUT2D eigenvalue weighted by Gasteiger charge is 2.01. The summed E-state index contributed by atoms with van der Waals surface area (Å²) < 4.78 is 0. The van der Waals surface area contributed by atoms with Gasteiger partial charge in [-0.05, 0) is 12.5 Å². The molecule has 1 aliphatic heterocycles. The van der Waals surface area contributed by atoms with E-state index in [9.17, 15) is 0 Å². The Kier molecular flexibility index (Phi) is 1.39. The minimum Gasteiger partial charge on any atom is -0.383 e. The molecule has 2 N–H and O–H groups in total. The molecule has 0 atom stereocenters. The van der Waals surface area contributed by atoms with Crippen LogP contribution in [0.15, 0.2) is 28.9 Å². The Hall–Kier alpha value is -1.05. The van der Waals surface area contributed by atoms with Crippen molar-refractivity contribution in [3.8, 4) is 0 Å². The van der Waals surface area contributed by atoms with Crippen molar-refractivity contribution in [2.24, 2.45) is 10.7 Å². The third-order valence-electron chi connectivity index (χ3n) is 1.33. The van der Waals surface area contributed by atoms with E-state index < -0.39 is 0 Å². The third kappa shape index (κ3) is 1.19. The van der Waals surface area contributed by atoms with Gasteiger partial charge >= 0.3 is 0 Å². The number of nitrogens with zero attached hydrogens (tertiary/aromatic N) is 1. The summed E-state index contributed by atoms with van der Waals surface area (Å²) in [5.41, 5.74) is 7.39. The van der Waals surface area contributed by atoms with E-state index in [1.54, 1.807) is 0 Å². The van der Waals surface area contributed by atoms with Crippen LogP contribution in [0, 0.1) is 0 Å². The van der Waals surface area contributed by atoms with Crippen molar-refractivity contribution in [1.29, 1.82) is 0 Å². The number of allylic oxidation sites excluding steroid dienone is 1. The molecule has 9 heavy (non-hydrogen) atoms. The van der Waals surface area contributed by atoms with E-state index in [0.29, 0.717) is 5.84 Å². The molecule has 2 heteroatoms. The summed E-state index contributed by atoms with van der Waals surface area (Å²) in [4.78, 5) is 4.00. The SMILES string of the molecule is C=C1CC=C(C)C(N)=N1. The largest absolute Gasteiger partial charge is 0.383 e. The van der Waals surface area contributed by atoms with Crippen molar-refractivity contribution < 1.29 is 0 Å². The zero-order valence-electron chi connectivity index (χ0n) is 5.52. The van der Waals surface area contributed by atoms with Gasteiger partial charge in [0, 0.05) is 12.1 Å². The molecule has 0 amide bonds. The highest BCUT2D eigenvalue weighted by molar-refractivity contribution is 5.97. The van der Waals surface area contributed by atoms with E-state index in [4.69, 9.17) is 5.73 Å². The summed E-state index contributed by atoms with van der Waals surface area (Å²) in [7, 11) is 0. The first-order valence-corrected chi connectivity index (χ1v) is 2.89. The van der Waals surface area contributed by atoms with E-state index >= 15 is 0 Å². The van der Waals surface area contributed by atoms with E-state index in [1.165, 1.54) is 0 Å². The van der Waals surface area contributed by atoms with Crippen molar-refractivity contribution in [3.63, 3.8) is 0 Å². The lowest BCUT2D eigenvalue weighted by Crippen LogP contribution is -2.15. The minimum absolute atomic E-state index is 0.603. The zero-order chi connectivity index (χ0) is 6.85. The van der Waals surface area contributed by atoms with Crippen LogP contribution in [0.5, 0.6) is 0 Å². The van der Waals surface area contributed by atoms with Crippen LogP contribution in [0.4, 0.5) is 0 Å². The molecule has 0 fully saturated rings. The van der Waals surface area contributed by atoms with Gasteiger partial charge in [-0.3, -0.25) is 0 Å². The predicted molar refractivity (Wildman–Crippen MR) is 39.1 cm³/mol. The van der Waals surface area contributed by atoms with Gasteiger partial charge < -0.3 is 5.73 Å². The van der Waals surface area contributed by atoms with Gasteiger partial charge in [-0.15, -0.1) is 0 Å². The van der Waals surface area contributed by atoms with E-state index in [2.05, 4.69) is 11.6 Å². The third-order valence-corrected chi connectivity index (χ3v) is 1.33. The summed E-state index contributed by atoms with van der Waals surface area (Å²) in [6.45, 7) is 5.64. The lowest BCUT2D eigenvalue weighted by molar-refractivity contribution is 1.12. The maximum Gasteiger partial charge on any atom is 0.126 e. The number of aliphatic imine (C=N–C) groups is 1. The van der Waals surface area contributed by atoms with Gasteiger partial charge in [0.2, 0.25) is 0 Å². The Morgan fingerprint density at radius 3 is 2.89 bits per heavy atom. The van der Waals surface area contributed by atoms with Gasteiger partial charge in [-0.25, -0.2) is 4.99 Å². The predicted octanol–water partition coefficient (Wildman–Crippen LogP) is 1.21. The van der Waals surface area contributed by atoms with Crippen molar-refractivity contribution in [1.82, 2.24) is 0 Å². The van der Waals surface area contributed by atoms with E-state index in [0.717, 1.165) is 17.7 Å². The zero-order valence-corrected chi connectivity index (χ0v) is 5.52. The smallest absolute Gasteiger partial charge is 0.126 e. The van der Waals surface area contributed by atoms with Crippen LogP contribution in [0.1, 0.15) is 13.3 Å². The minimum atomic E-state index is 0.603. The Bertz CT molecular complexity index is 199. The van der Waals surface area contributed by atoms with Crippen molar-refractivity contribution in [2.45, 2.75) is 13.3 Å². The normalized spacial score (nSPS) is 19.0. The summed E-state index contributed by atoms with van der Waals surface area (Å²) in [6, 6.07) is 0.